The Hall–Kier alpha value is -3.01. The fourth-order valence-electron chi connectivity index (χ4n) is 3.28. The van der Waals surface area contributed by atoms with Crippen molar-refractivity contribution in [1.29, 1.82) is 0 Å². The average Bonchev–Trinajstić information content (AvgIpc) is 2.74. The smallest absolute Gasteiger partial charge is 0.261 e. The van der Waals surface area contributed by atoms with Gasteiger partial charge in [-0.15, -0.1) is 0 Å². The van der Waals surface area contributed by atoms with Gasteiger partial charge in [-0.1, -0.05) is 76.2 Å². The fraction of sp³-hybridized carbons (Fsp3) is 0.346. The molecule has 3 aromatic carbocycles. The standard InChI is InChI=1S/C26H31NO3/c1-5-23(30-24-12-8-10-19-9-6-7-11-22(19)24)25(28)27-17-18-29-21-15-13-20(14-16-21)26(2,3)4/h6-16,23H,5,17-18H2,1-4H3,(H,27,28)/t23-/m0/s1. The first-order valence-electron chi connectivity index (χ1n) is 10.5. The second-order valence-corrected chi connectivity index (χ2v) is 8.41. The van der Waals surface area contributed by atoms with Crippen molar-refractivity contribution in [2.45, 2.75) is 45.6 Å². The quantitative estimate of drug-likeness (QED) is 0.504. The summed E-state index contributed by atoms with van der Waals surface area (Å²) in [6.45, 7) is 9.33. The Kier molecular flexibility index (Phi) is 6.99. The number of carbonyl (C=O) groups is 1. The van der Waals surface area contributed by atoms with Crippen molar-refractivity contribution in [3.05, 3.63) is 72.3 Å². The molecule has 4 heteroatoms. The van der Waals surface area contributed by atoms with E-state index in [4.69, 9.17) is 9.47 Å². The summed E-state index contributed by atoms with van der Waals surface area (Å²) in [7, 11) is 0. The highest BCUT2D eigenvalue weighted by Crippen LogP contribution is 2.27. The summed E-state index contributed by atoms with van der Waals surface area (Å²) in [5, 5.41) is 5.02. The molecule has 0 spiro atoms. The molecule has 158 valence electrons. The van der Waals surface area contributed by atoms with Crippen LogP contribution in [0.1, 0.15) is 39.7 Å². The molecule has 0 saturated carbocycles. The maximum atomic E-state index is 12.6. The van der Waals surface area contributed by atoms with Crippen LogP contribution < -0.4 is 14.8 Å². The van der Waals surface area contributed by atoms with Gasteiger partial charge in [0.1, 0.15) is 18.1 Å². The number of carbonyl (C=O) groups excluding carboxylic acids is 1. The van der Waals surface area contributed by atoms with Crippen LogP contribution in [0.4, 0.5) is 0 Å². The SMILES string of the molecule is CC[C@H](Oc1cccc2ccccc12)C(=O)NCCOc1ccc(C(C)(C)C)cc1. The zero-order valence-electron chi connectivity index (χ0n) is 18.3. The summed E-state index contributed by atoms with van der Waals surface area (Å²) >= 11 is 0. The molecule has 1 atom stereocenters. The summed E-state index contributed by atoms with van der Waals surface area (Å²) in [6.07, 6.45) is 0.0475. The molecule has 1 N–H and O–H groups in total. The van der Waals surface area contributed by atoms with Gasteiger partial charge in [-0.05, 0) is 41.0 Å². The monoisotopic (exact) mass is 405 g/mol. The number of fused-ring (bicyclic) bond motifs is 1. The number of nitrogens with one attached hydrogen (secondary N) is 1. The summed E-state index contributed by atoms with van der Waals surface area (Å²) < 4.78 is 11.8. The van der Waals surface area contributed by atoms with Gasteiger partial charge in [0.05, 0.1) is 6.54 Å². The van der Waals surface area contributed by atoms with Crippen molar-refractivity contribution in [2.75, 3.05) is 13.2 Å². The molecular weight excluding hydrogens is 374 g/mol. The Morgan fingerprint density at radius 2 is 1.67 bits per heavy atom. The van der Waals surface area contributed by atoms with E-state index < -0.39 is 6.10 Å². The number of ether oxygens (including phenoxy) is 2. The third kappa shape index (κ3) is 5.53. The van der Waals surface area contributed by atoms with Gasteiger partial charge in [0.2, 0.25) is 0 Å². The molecular formula is C26H31NO3. The Morgan fingerprint density at radius 3 is 2.37 bits per heavy atom. The van der Waals surface area contributed by atoms with Gasteiger partial charge in [-0.2, -0.15) is 0 Å². The van der Waals surface area contributed by atoms with E-state index in [1.165, 1.54) is 5.56 Å². The highest BCUT2D eigenvalue weighted by Gasteiger charge is 2.19. The van der Waals surface area contributed by atoms with Crippen LogP contribution in [0.25, 0.3) is 10.8 Å². The second kappa shape index (κ2) is 9.66. The number of hydrogen-bond donors (Lipinski definition) is 1. The minimum atomic E-state index is -0.540. The Morgan fingerprint density at radius 1 is 0.967 bits per heavy atom. The first-order chi connectivity index (χ1) is 14.4. The number of hydrogen-bond acceptors (Lipinski definition) is 3. The van der Waals surface area contributed by atoms with Crippen molar-refractivity contribution >= 4 is 16.7 Å². The molecule has 30 heavy (non-hydrogen) atoms. The van der Waals surface area contributed by atoms with E-state index in [1.54, 1.807) is 0 Å². The van der Waals surface area contributed by atoms with Crippen LogP contribution in [0.3, 0.4) is 0 Å². The first kappa shape index (κ1) is 21.7. The van der Waals surface area contributed by atoms with Crippen LogP contribution in [0.2, 0.25) is 0 Å². The second-order valence-electron chi connectivity index (χ2n) is 8.41. The van der Waals surface area contributed by atoms with E-state index in [9.17, 15) is 4.79 Å². The zero-order chi connectivity index (χ0) is 21.6. The zero-order valence-corrected chi connectivity index (χ0v) is 18.3. The van der Waals surface area contributed by atoms with E-state index in [1.807, 2.05) is 61.5 Å². The van der Waals surface area contributed by atoms with Crippen molar-refractivity contribution in [2.24, 2.45) is 0 Å². The van der Waals surface area contributed by atoms with Crippen LogP contribution in [0.5, 0.6) is 11.5 Å². The molecule has 0 heterocycles. The lowest BCUT2D eigenvalue weighted by Crippen LogP contribution is -2.39. The summed E-state index contributed by atoms with van der Waals surface area (Å²) in [5.74, 6) is 1.40. The minimum Gasteiger partial charge on any atom is -0.492 e. The number of rotatable bonds is 8. The molecule has 0 fully saturated rings. The van der Waals surface area contributed by atoms with Crippen LogP contribution in [-0.2, 0) is 10.2 Å². The lowest BCUT2D eigenvalue weighted by atomic mass is 9.87. The fourth-order valence-corrected chi connectivity index (χ4v) is 3.28. The van der Waals surface area contributed by atoms with Gasteiger partial charge < -0.3 is 14.8 Å². The molecule has 3 rings (SSSR count). The van der Waals surface area contributed by atoms with Gasteiger partial charge in [0.25, 0.3) is 5.91 Å². The van der Waals surface area contributed by atoms with Crippen molar-refractivity contribution in [3.8, 4) is 11.5 Å². The summed E-state index contributed by atoms with van der Waals surface area (Å²) in [6, 6.07) is 22.0. The molecule has 0 aromatic heterocycles. The molecule has 3 aromatic rings. The molecule has 4 nitrogen and oxygen atoms in total. The topological polar surface area (TPSA) is 47.6 Å². The van der Waals surface area contributed by atoms with Crippen molar-refractivity contribution < 1.29 is 14.3 Å². The Bertz CT molecular complexity index is 968. The molecule has 0 radical (unpaired) electrons. The lowest BCUT2D eigenvalue weighted by molar-refractivity contribution is -0.128. The van der Waals surface area contributed by atoms with E-state index in [-0.39, 0.29) is 11.3 Å². The number of amides is 1. The van der Waals surface area contributed by atoms with Gasteiger partial charge in [-0.25, -0.2) is 0 Å². The van der Waals surface area contributed by atoms with E-state index >= 15 is 0 Å². The van der Waals surface area contributed by atoms with Crippen LogP contribution in [-0.4, -0.2) is 25.2 Å². The molecule has 0 aliphatic heterocycles. The molecule has 0 bridgehead atoms. The van der Waals surface area contributed by atoms with Crippen molar-refractivity contribution in [3.63, 3.8) is 0 Å². The highest BCUT2D eigenvalue weighted by molar-refractivity contribution is 5.89. The predicted molar refractivity (Wildman–Crippen MR) is 122 cm³/mol. The maximum absolute atomic E-state index is 12.6. The van der Waals surface area contributed by atoms with Gasteiger partial charge in [-0.3, -0.25) is 4.79 Å². The average molecular weight is 406 g/mol. The summed E-state index contributed by atoms with van der Waals surface area (Å²) in [5.41, 5.74) is 1.38. The van der Waals surface area contributed by atoms with Crippen LogP contribution >= 0.6 is 0 Å². The van der Waals surface area contributed by atoms with Gasteiger partial charge >= 0.3 is 0 Å². The van der Waals surface area contributed by atoms with Gasteiger partial charge in [0, 0.05) is 5.39 Å². The van der Waals surface area contributed by atoms with Crippen LogP contribution in [0.15, 0.2) is 66.7 Å². The Balaban J connectivity index is 1.51. The first-order valence-corrected chi connectivity index (χ1v) is 10.5. The number of benzene rings is 3. The molecule has 1 amide bonds. The van der Waals surface area contributed by atoms with Crippen LogP contribution in [0, 0.1) is 0 Å². The normalized spacial score (nSPS) is 12.4. The third-order valence-electron chi connectivity index (χ3n) is 5.07. The van der Waals surface area contributed by atoms with Gasteiger partial charge in [0.15, 0.2) is 6.10 Å². The highest BCUT2D eigenvalue weighted by atomic mass is 16.5. The van der Waals surface area contributed by atoms with Crippen molar-refractivity contribution in [1.82, 2.24) is 5.32 Å². The predicted octanol–water partition coefficient (Wildman–Crippen LogP) is 5.49. The van der Waals surface area contributed by atoms with E-state index in [2.05, 4.69) is 38.2 Å². The van der Waals surface area contributed by atoms with E-state index in [0.29, 0.717) is 19.6 Å². The molecule has 0 unspecified atom stereocenters. The van der Waals surface area contributed by atoms with E-state index in [0.717, 1.165) is 22.3 Å². The maximum Gasteiger partial charge on any atom is 0.261 e. The largest absolute Gasteiger partial charge is 0.492 e. The minimum absolute atomic E-state index is 0.117. The molecule has 0 aliphatic rings. The third-order valence-corrected chi connectivity index (χ3v) is 5.07. The molecule has 0 saturated heterocycles. The lowest BCUT2D eigenvalue weighted by Gasteiger charge is -2.19. The Labute approximate surface area is 179 Å². The summed E-state index contributed by atoms with van der Waals surface area (Å²) in [4.78, 5) is 12.6. The molecule has 0 aliphatic carbocycles.